The molecular formula is C18H17ClN2O2. The summed E-state index contributed by atoms with van der Waals surface area (Å²) < 4.78 is 0. The molecule has 0 fully saturated rings. The molecule has 2 aromatic rings. The van der Waals surface area contributed by atoms with E-state index in [1.807, 2.05) is 42.5 Å². The number of nitrogens with one attached hydrogen (secondary N) is 2. The molecule has 2 amide bonds. The molecule has 0 bridgehead atoms. The van der Waals surface area contributed by atoms with Gasteiger partial charge < -0.3 is 10.6 Å². The zero-order valence-electron chi connectivity index (χ0n) is 12.5. The lowest BCUT2D eigenvalue weighted by atomic mass is 10.2. The van der Waals surface area contributed by atoms with Crippen LogP contribution in [-0.4, -0.2) is 18.4 Å². The van der Waals surface area contributed by atoms with Crippen molar-refractivity contribution in [1.82, 2.24) is 10.6 Å². The van der Waals surface area contributed by atoms with Gasteiger partial charge in [-0.25, -0.2) is 0 Å². The van der Waals surface area contributed by atoms with E-state index in [1.54, 1.807) is 18.2 Å². The van der Waals surface area contributed by atoms with E-state index in [4.69, 9.17) is 11.6 Å². The molecule has 0 aromatic heterocycles. The van der Waals surface area contributed by atoms with Crippen LogP contribution in [0, 0.1) is 0 Å². The number of amides is 2. The quantitative estimate of drug-likeness (QED) is 0.801. The Hall–Kier alpha value is -2.59. The Labute approximate surface area is 140 Å². The van der Waals surface area contributed by atoms with Gasteiger partial charge in [-0.2, -0.15) is 0 Å². The first-order valence-corrected chi connectivity index (χ1v) is 7.53. The SMILES string of the molecule is O=C(/C=C/c1ccccc1)NCC(=O)NCc1cccc(Cl)c1. The lowest BCUT2D eigenvalue weighted by molar-refractivity contribution is -0.124. The molecule has 0 saturated heterocycles. The van der Waals surface area contributed by atoms with Crippen LogP contribution >= 0.6 is 11.6 Å². The Morgan fingerprint density at radius 1 is 1.00 bits per heavy atom. The highest BCUT2D eigenvalue weighted by atomic mass is 35.5. The zero-order chi connectivity index (χ0) is 16.5. The molecule has 118 valence electrons. The molecule has 2 rings (SSSR count). The third-order valence-electron chi connectivity index (χ3n) is 3.03. The highest BCUT2D eigenvalue weighted by Gasteiger charge is 2.03. The third-order valence-corrected chi connectivity index (χ3v) is 3.26. The fourth-order valence-corrected chi connectivity index (χ4v) is 2.09. The minimum Gasteiger partial charge on any atom is -0.350 e. The summed E-state index contributed by atoms with van der Waals surface area (Å²) in [6.45, 7) is 0.299. The molecule has 5 heteroatoms. The number of hydrogen-bond donors (Lipinski definition) is 2. The Kier molecular flexibility index (Phi) is 6.39. The lowest BCUT2D eigenvalue weighted by Gasteiger charge is -2.06. The van der Waals surface area contributed by atoms with Crippen LogP contribution < -0.4 is 10.6 Å². The fraction of sp³-hybridized carbons (Fsp3) is 0.111. The second-order valence-electron chi connectivity index (χ2n) is 4.87. The van der Waals surface area contributed by atoms with Crippen molar-refractivity contribution in [3.8, 4) is 0 Å². The molecule has 0 radical (unpaired) electrons. The number of hydrogen-bond acceptors (Lipinski definition) is 2. The minimum atomic E-state index is -0.313. The number of rotatable bonds is 6. The summed E-state index contributed by atoms with van der Waals surface area (Å²) in [6, 6.07) is 16.7. The molecule has 2 aromatic carbocycles. The van der Waals surface area contributed by atoms with Crippen molar-refractivity contribution in [2.24, 2.45) is 0 Å². The molecule has 0 aliphatic rings. The van der Waals surface area contributed by atoms with E-state index < -0.39 is 0 Å². The van der Waals surface area contributed by atoms with Gasteiger partial charge in [-0.05, 0) is 29.3 Å². The highest BCUT2D eigenvalue weighted by molar-refractivity contribution is 6.30. The van der Waals surface area contributed by atoms with E-state index in [0.29, 0.717) is 11.6 Å². The summed E-state index contributed by atoms with van der Waals surface area (Å²) in [7, 11) is 0. The number of carbonyl (C=O) groups excluding carboxylic acids is 2. The average Bonchev–Trinajstić information content (AvgIpc) is 2.57. The Morgan fingerprint density at radius 3 is 2.52 bits per heavy atom. The summed E-state index contributed by atoms with van der Waals surface area (Å²) in [4.78, 5) is 23.3. The van der Waals surface area contributed by atoms with Gasteiger partial charge in [0.2, 0.25) is 11.8 Å². The van der Waals surface area contributed by atoms with Crippen molar-refractivity contribution in [1.29, 1.82) is 0 Å². The monoisotopic (exact) mass is 328 g/mol. The Morgan fingerprint density at radius 2 is 1.78 bits per heavy atom. The molecule has 0 heterocycles. The average molecular weight is 329 g/mol. The molecule has 0 saturated carbocycles. The van der Waals surface area contributed by atoms with Crippen molar-refractivity contribution < 1.29 is 9.59 Å². The van der Waals surface area contributed by atoms with Crippen LogP contribution in [0.4, 0.5) is 0 Å². The third kappa shape index (κ3) is 6.36. The minimum absolute atomic E-state index is 0.0709. The van der Waals surface area contributed by atoms with Crippen LogP contribution in [-0.2, 0) is 16.1 Å². The van der Waals surface area contributed by atoms with Crippen molar-refractivity contribution in [2.75, 3.05) is 6.54 Å². The summed E-state index contributed by atoms with van der Waals surface area (Å²) in [5.74, 6) is -0.571. The maximum absolute atomic E-state index is 11.7. The van der Waals surface area contributed by atoms with Crippen LogP contribution in [0.2, 0.25) is 5.02 Å². The first kappa shape index (κ1) is 16.8. The molecule has 0 aliphatic heterocycles. The Balaban J connectivity index is 1.71. The van der Waals surface area contributed by atoms with Gasteiger partial charge in [0.15, 0.2) is 0 Å². The maximum Gasteiger partial charge on any atom is 0.244 e. The maximum atomic E-state index is 11.7. The first-order chi connectivity index (χ1) is 11.1. The van der Waals surface area contributed by atoms with E-state index in [1.165, 1.54) is 6.08 Å². The van der Waals surface area contributed by atoms with Gasteiger partial charge in [0.1, 0.15) is 0 Å². The van der Waals surface area contributed by atoms with Crippen molar-refractivity contribution >= 4 is 29.5 Å². The topological polar surface area (TPSA) is 58.2 Å². The normalized spacial score (nSPS) is 10.5. The van der Waals surface area contributed by atoms with E-state index >= 15 is 0 Å². The molecule has 0 atom stereocenters. The number of halogens is 1. The Bertz CT molecular complexity index is 699. The molecular weight excluding hydrogens is 312 g/mol. The van der Waals surface area contributed by atoms with Gasteiger partial charge in [-0.15, -0.1) is 0 Å². The smallest absolute Gasteiger partial charge is 0.244 e. The second kappa shape index (κ2) is 8.76. The van der Waals surface area contributed by atoms with E-state index in [9.17, 15) is 9.59 Å². The molecule has 0 unspecified atom stereocenters. The van der Waals surface area contributed by atoms with Crippen LogP contribution in [0.5, 0.6) is 0 Å². The standard InChI is InChI=1S/C18H17ClN2O2/c19-16-8-4-7-15(11-16)12-20-18(23)13-21-17(22)10-9-14-5-2-1-3-6-14/h1-11H,12-13H2,(H,20,23)(H,21,22)/b10-9+. The van der Waals surface area contributed by atoms with Crippen LogP contribution in [0.25, 0.3) is 6.08 Å². The van der Waals surface area contributed by atoms with Gasteiger partial charge in [0, 0.05) is 17.6 Å². The van der Waals surface area contributed by atoms with Gasteiger partial charge >= 0.3 is 0 Å². The molecule has 0 aliphatic carbocycles. The van der Waals surface area contributed by atoms with Crippen molar-refractivity contribution in [3.05, 3.63) is 76.8 Å². The summed E-state index contributed by atoms with van der Waals surface area (Å²) in [6.07, 6.45) is 3.10. The van der Waals surface area contributed by atoms with E-state index in [-0.39, 0.29) is 18.4 Å². The van der Waals surface area contributed by atoms with Crippen molar-refractivity contribution in [3.63, 3.8) is 0 Å². The number of benzene rings is 2. The first-order valence-electron chi connectivity index (χ1n) is 7.15. The largest absolute Gasteiger partial charge is 0.350 e. The van der Waals surface area contributed by atoms with Gasteiger partial charge in [-0.3, -0.25) is 9.59 Å². The fourth-order valence-electron chi connectivity index (χ4n) is 1.87. The summed E-state index contributed by atoms with van der Waals surface area (Å²) >= 11 is 5.87. The molecule has 2 N–H and O–H groups in total. The summed E-state index contributed by atoms with van der Waals surface area (Å²) in [5.41, 5.74) is 1.83. The molecule has 23 heavy (non-hydrogen) atoms. The van der Waals surface area contributed by atoms with Gasteiger partial charge in [0.05, 0.1) is 6.54 Å². The van der Waals surface area contributed by atoms with Crippen LogP contribution in [0.3, 0.4) is 0 Å². The van der Waals surface area contributed by atoms with E-state index in [0.717, 1.165) is 11.1 Å². The lowest BCUT2D eigenvalue weighted by Crippen LogP contribution is -2.35. The summed E-state index contributed by atoms with van der Waals surface area (Å²) in [5, 5.41) is 5.88. The predicted molar refractivity (Wildman–Crippen MR) is 91.8 cm³/mol. The highest BCUT2D eigenvalue weighted by Crippen LogP contribution is 2.10. The molecule has 0 spiro atoms. The van der Waals surface area contributed by atoms with Gasteiger partial charge in [-0.1, -0.05) is 54.1 Å². The van der Waals surface area contributed by atoms with Gasteiger partial charge in [0.25, 0.3) is 0 Å². The number of carbonyl (C=O) groups is 2. The van der Waals surface area contributed by atoms with Crippen molar-refractivity contribution in [2.45, 2.75) is 6.54 Å². The van der Waals surface area contributed by atoms with Crippen LogP contribution in [0.15, 0.2) is 60.7 Å². The second-order valence-corrected chi connectivity index (χ2v) is 5.30. The molecule has 4 nitrogen and oxygen atoms in total. The van der Waals surface area contributed by atoms with E-state index in [2.05, 4.69) is 10.6 Å². The predicted octanol–water partition coefficient (Wildman–Crippen LogP) is 2.79. The van der Waals surface area contributed by atoms with Crippen LogP contribution in [0.1, 0.15) is 11.1 Å². The zero-order valence-corrected chi connectivity index (χ0v) is 13.2.